The van der Waals surface area contributed by atoms with Crippen molar-refractivity contribution in [1.29, 1.82) is 0 Å². The molecule has 6 nitrogen and oxygen atoms in total. The van der Waals surface area contributed by atoms with Crippen molar-refractivity contribution < 1.29 is 9.66 Å². The van der Waals surface area contributed by atoms with Crippen molar-refractivity contribution in [2.24, 2.45) is 0 Å². The third kappa shape index (κ3) is 3.00. The molecule has 0 aliphatic rings. The van der Waals surface area contributed by atoms with Crippen LogP contribution in [-0.4, -0.2) is 9.91 Å². The highest BCUT2D eigenvalue weighted by Crippen LogP contribution is 2.34. The van der Waals surface area contributed by atoms with E-state index in [0.717, 1.165) is 5.56 Å². The van der Waals surface area contributed by atoms with E-state index in [1.54, 1.807) is 6.07 Å². The molecular weight excluding hydrogens is 314 g/mol. The lowest BCUT2D eigenvalue weighted by Gasteiger charge is -2.08. The number of anilines is 1. The minimum Gasteiger partial charge on any atom is -0.432 e. The second-order valence-corrected chi connectivity index (χ2v) is 4.71. The van der Waals surface area contributed by atoms with Crippen molar-refractivity contribution in [3.05, 3.63) is 50.5 Å². The van der Waals surface area contributed by atoms with E-state index in [4.69, 9.17) is 10.5 Å². The maximum Gasteiger partial charge on any atom is 0.331 e. The average Bonchev–Trinajstić information content (AvgIpc) is 2.32. The first kappa shape index (κ1) is 13.3. The maximum absolute atomic E-state index is 10.9. The number of benzene rings is 1. The molecule has 0 fully saturated rings. The highest BCUT2D eigenvalue weighted by molar-refractivity contribution is 9.10. The number of aryl methyl sites for hydroxylation is 1. The second kappa shape index (κ2) is 5.23. The second-order valence-electron chi connectivity index (χ2n) is 3.85. The molecular formula is C12H10BrN3O3. The van der Waals surface area contributed by atoms with Crippen molar-refractivity contribution in [3.8, 4) is 11.6 Å². The minimum absolute atomic E-state index is 0.130. The first-order chi connectivity index (χ1) is 8.97. The fourth-order valence-electron chi connectivity index (χ4n) is 1.45. The van der Waals surface area contributed by atoms with Crippen LogP contribution in [0.25, 0.3) is 0 Å². The van der Waals surface area contributed by atoms with Crippen LogP contribution in [0, 0.1) is 17.0 Å². The molecule has 0 amide bonds. The van der Waals surface area contributed by atoms with Gasteiger partial charge in [0.05, 0.1) is 9.40 Å². The van der Waals surface area contributed by atoms with E-state index in [9.17, 15) is 10.1 Å². The largest absolute Gasteiger partial charge is 0.432 e. The summed E-state index contributed by atoms with van der Waals surface area (Å²) in [6, 6.07) is 7.99. The monoisotopic (exact) mass is 323 g/mol. The number of nitrogens with two attached hydrogens (primary N) is 1. The van der Waals surface area contributed by atoms with Gasteiger partial charge in [-0.1, -0.05) is 6.07 Å². The first-order valence-electron chi connectivity index (χ1n) is 5.32. The van der Waals surface area contributed by atoms with Crippen LogP contribution in [0.5, 0.6) is 11.6 Å². The third-order valence-electron chi connectivity index (χ3n) is 2.35. The molecule has 2 N–H and O–H groups in total. The van der Waals surface area contributed by atoms with Gasteiger partial charge in [-0.15, -0.1) is 0 Å². The predicted octanol–water partition coefficient (Wildman–Crippen LogP) is 3.44. The van der Waals surface area contributed by atoms with Crippen molar-refractivity contribution in [3.63, 3.8) is 0 Å². The zero-order valence-electron chi connectivity index (χ0n) is 9.96. The van der Waals surface area contributed by atoms with Gasteiger partial charge in [0.25, 0.3) is 0 Å². The van der Waals surface area contributed by atoms with Crippen molar-refractivity contribution >= 4 is 27.4 Å². The lowest BCUT2D eigenvalue weighted by atomic mass is 10.2. The Labute approximate surface area is 117 Å². The van der Waals surface area contributed by atoms with Gasteiger partial charge in [0, 0.05) is 6.07 Å². The first-order valence-corrected chi connectivity index (χ1v) is 6.11. The number of nitro groups is 1. The van der Waals surface area contributed by atoms with Crippen LogP contribution in [0.1, 0.15) is 5.56 Å². The molecule has 0 spiro atoms. The van der Waals surface area contributed by atoms with Gasteiger partial charge in [-0.2, -0.15) is 4.98 Å². The lowest BCUT2D eigenvalue weighted by molar-refractivity contribution is -0.386. The molecule has 0 aliphatic heterocycles. The highest BCUT2D eigenvalue weighted by Gasteiger charge is 2.18. The van der Waals surface area contributed by atoms with Gasteiger partial charge in [-0.25, -0.2) is 0 Å². The Balaban J connectivity index is 2.42. The number of nitrogen functional groups attached to an aromatic ring is 1. The van der Waals surface area contributed by atoms with Crippen LogP contribution in [0.2, 0.25) is 0 Å². The minimum atomic E-state index is -0.566. The summed E-state index contributed by atoms with van der Waals surface area (Å²) >= 11 is 3.33. The molecule has 0 aliphatic carbocycles. The van der Waals surface area contributed by atoms with Crippen LogP contribution in [0.15, 0.2) is 34.8 Å². The Morgan fingerprint density at radius 1 is 1.37 bits per heavy atom. The number of hydrogen-bond acceptors (Lipinski definition) is 5. The molecule has 0 radical (unpaired) electrons. The van der Waals surface area contributed by atoms with Crippen LogP contribution >= 0.6 is 15.9 Å². The molecule has 0 unspecified atom stereocenters. The SMILES string of the molecule is Cc1ccc(Oc2nc(N)ccc2[N+](=O)[O-])c(Br)c1. The Kier molecular flexibility index (Phi) is 3.66. The van der Waals surface area contributed by atoms with E-state index in [1.807, 2.05) is 19.1 Å². The molecule has 1 aromatic heterocycles. The van der Waals surface area contributed by atoms with Crippen molar-refractivity contribution in [2.45, 2.75) is 6.92 Å². The van der Waals surface area contributed by atoms with E-state index < -0.39 is 4.92 Å². The summed E-state index contributed by atoms with van der Waals surface area (Å²) in [6.45, 7) is 1.93. The zero-order chi connectivity index (χ0) is 14.0. The summed E-state index contributed by atoms with van der Waals surface area (Å²) in [5.41, 5.74) is 6.32. The third-order valence-corrected chi connectivity index (χ3v) is 2.97. The molecule has 0 saturated heterocycles. The summed E-state index contributed by atoms with van der Waals surface area (Å²) in [5, 5.41) is 10.9. The number of rotatable bonds is 3. The van der Waals surface area contributed by atoms with Gasteiger partial charge in [0.2, 0.25) is 0 Å². The number of halogens is 1. The molecule has 1 aromatic carbocycles. The summed E-state index contributed by atoms with van der Waals surface area (Å²) in [6.07, 6.45) is 0. The van der Waals surface area contributed by atoms with Crippen molar-refractivity contribution in [2.75, 3.05) is 5.73 Å². The standard InChI is InChI=1S/C12H10BrN3O3/c1-7-2-4-10(8(13)6-7)19-12-9(16(17)18)3-5-11(14)15-12/h2-6H,1H3,(H2,14,15). The van der Waals surface area contributed by atoms with Gasteiger partial charge in [-0.05, 0) is 46.6 Å². The number of ether oxygens (including phenoxy) is 1. The van der Waals surface area contributed by atoms with Crippen LogP contribution in [0.4, 0.5) is 11.5 Å². The van der Waals surface area contributed by atoms with E-state index in [2.05, 4.69) is 20.9 Å². The average molecular weight is 324 g/mol. The van der Waals surface area contributed by atoms with Gasteiger partial charge >= 0.3 is 11.6 Å². The number of aromatic nitrogens is 1. The van der Waals surface area contributed by atoms with E-state index in [-0.39, 0.29) is 17.4 Å². The zero-order valence-corrected chi connectivity index (χ0v) is 11.5. The molecule has 2 rings (SSSR count). The molecule has 7 heteroatoms. The van der Waals surface area contributed by atoms with Crippen LogP contribution in [-0.2, 0) is 0 Å². The summed E-state index contributed by atoms with van der Waals surface area (Å²) in [4.78, 5) is 14.2. The highest BCUT2D eigenvalue weighted by atomic mass is 79.9. The van der Waals surface area contributed by atoms with Gasteiger partial charge in [0.1, 0.15) is 11.6 Å². The Morgan fingerprint density at radius 3 is 2.74 bits per heavy atom. The molecule has 98 valence electrons. The fourth-order valence-corrected chi connectivity index (χ4v) is 2.03. The Morgan fingerprint density at radius 2 is 2.11 bits per heavy atom. The van der Waals surface area contributed by atoms with E-state index >= 15 is 0 Å². The normalized spacial score (nSPS) is 10.2. The van der Waals surface area contributed by atoms with Gasteiger partial charge in [0.15, 0.2) is 0 Å². The topological polar surface area (TPSA) is 91.3 Å². The molecule has 19 heavy (non-hydrogen) atoms. The van der Waals surface area contributed by atoms with Crippen molar-refractivity contribution in [1.82, 2.24) is 4.98 Å². The van der Waals surface area contributed by atoms with Crippen LogP contribution in [0.3, 0.4) is 0 Å². The Bertz CT molecular complexity index is 646. The quantitative estimate of drug-likeness (QED) is 0.690. The molecule has 1 heterocycles. The molecule has 2 aromatic rings. The summed E-state index contributed by atoms with van der Waals surface area (Å²) in [7, 11) is 0. The smallest absolute Gasteiger partial charge is 0.331 e. The molecule has 0 saturated carbocycles. The number of hydrogen-bond donors (Lipinski definition) is 1. The summed E-state index contributed by atoms with van der Waals surface area (Å²) < 4.78 is 6.14. The molecule has 0 atom stereocenters. The number of pyridine rings is 1. The van der Waals surface area contributed by atoms with E-state index in [1.165, 1.54) is 12.1 Å². The fraction of sp³-hybridized carbons (Fsp3) is 0.0833. The van der Waals surface area contributed by atoms with Gasteiger partial charge in [-0.3, -0.25) is 10.1 Å². The summed E-state index contributed by atoms with van der Waals surface area (Å²) in [5.74, 6) is 0.463. The Hall–Kier alpha value is -2.15. The number of nitrogens with zero attached hydrogens (tertiary/aromatic N) is 2. The van der Waals surface area contributed by atoms with E-state index in [0.29, 0.717) is 10.2 Å². The molecule has 0 bridgehead atoms. The predicted molar refractivity (Wildman–Crippen MR) is 74.3 cm³/mol. The van der Waals surface area contributed by atoms with Gasteiger partial charge < -0.3 is 10.5 Å². The maximum atomic E-state index is 10.9. The van der Waals surface area contributed by atoms with Crippen LogP contribution < -0.4 is 10.5 Å². The lowest BCUT2D eigenvalue weighted by Crippen LogP contribution is -1.99.